The van der Waals surface area contributed by atoms with E-state index in [9.17, 15) is 9.59 Å². The maximum atomic E-state index is 12.6. The predicted octanol–water partition coefficient (Wildman–Crippen LogP) is 5.17. The molecule has 4 nitrogen and oxygen atoms in total. The molecule has 0 radical (unpaired) electrons. The van der Waals surface area contributed by atoms with Gasteiger partial charge >= 0.3 is 0 Å². The van der Waals surface area contributed by atoms with E-state index in [0.29, 0.717) is 28.1 Å². The highest BCUT2D eigenvalue weighted by Gasteiger charge is 2.37. The van der Waals surface area contributed by atoms with Crippen molar-refractivity contribution in [2.45, 2.75) is 25.9 Å². The number of halogens is 2. The molecule has 0 spiro atoms. The van der Waals surface area contributed by atoms with Gasteiger partial charge < -0.3 is 4.74 Å². The molecule has 1 unspecified atom stereocenters. The number of anilines is 1. The Morgan fingerprint density at radius 2 is 1.85 bits per heavy atom. The number of ether oxygens (including phenoxy) is 1. The molecule has 27 heavy (non-hydrogen) atoms. The average Bonchev–Trinajstić information content (AvgIpc) is 2.67. The first-order valence-corrected chi connectivity index (χ1v) is 9.54. The van der Waals surface area contributed by atoms with Gasteiger partial charge in [-0.1, -0.05) is 35.3 Å². The first kappa shape index (κ1) is 18.1. The Morgan fingerprint density at radius 3 is 2.59 bits per heavy atom. The summed E-state index contributed by atoms with van der Waals surface area (Å²) in [5, 5.41) is 1.12. The van der Waals surface area contributed by atoms with Gasteiger partial charge in [0, 0.05) is 21.2 Å². The normalized spacial score (nSPS) is 19.1. The van der Waals surface area contributed by atoms with E-state index in [2.05, 4.69) is 0 Å². The molecule has 1 heterocycles. The number of nitrogens with zero attached hydrogens (tertiary/aromatic N) is 1. The minimum atomic E-state index is -0.211. The molecule has 0 saturated heterocycles. The molecule has 1 aliphatic heterocycles. The van der Waals surface area contributed by atoms with Crippen LogP contribution in [-0.2, 0) is 16.2 Å². The summed E-state index contributed by atoms with van der Waals surface area (Å²) in [6.07, 6.45) is 4.26. The van der Waals surface area contributed by atoms with E-state index in [1.165, 1.54) is 4.90 Å². The Labute approximate surface area is 167 Å². The van der Waals surface area contributed by atoms with Gasteiger partial charge in [0.2, 0.25) is 5.91 Å². The number of amides is 2. The lowest BCUT2D eigenvalue weighted by Gasteiger charge is -2.33. The second-order valence-electron chi connectivity index (χ2n) is 6.69. The summed E-state index contributed by atoms with van der Waals surface area (Å²) >= 11 is 12.0. The zero-order chi connectivity index (χ0) is 19.0. The monoisotopic (exact) mass is 401 g/mol. The third kappa shape index (κ3) is 3.60. The van der Waals surface area contributed by atoms with Crippen LogP contribution in [0.25, 0.3) is 0 Å². The smallest absolute Gasteiger partial charge is 0.260 e. The van der Waals surface area contributed by atoms with Gasteiger partial charge in [-0.05, 0) is 55.7 Å². The summed E-state index contributed by atoms with van der Waals surface area (Å²) in [6, 6.07) is 12.2. The highest BCUT2D eigenvalue weighted by Crippen LogP contribution is 2.34. The number of imide groups is 1. The van der Waals surface area contributed by atoms with Crippen LogP contribution >= 0.6 is 23.2 Å². The van der Waals surface area contributed by atoms with Gasteiger partial charge in [-0.2, -0.15) is 0 Å². The van der Waals surface area contributed by atoms with Crippen molar-refractivity contribution in [2.24, 2.45) is 5.92 Å². The van der Waals surface area contributed by atoms with E-state index < -0.39 is 0 Å². The fourth-order valence-corrected chi connectivity index (χ4v) is 3.90. The molecule has 2 bridgehead atoms. The molecule has 0 N–H and O–H groups in total. The quantitative estimate of drug-likeness (QED) is 0.663. The van der Waals surface area contributed by atoms with Crippen LogP contribution in [0.1, 0.15) is 24.8 Å². The highest BCUT2D eigenvalue weighted by atomic mass is 35.5. The van der Waals surface area contributed by atoms with Gasteiger partial charge in [-0.25, -0.2) is 4.90 Å². The van der Waals surface area contributed by atoms with Crippen LogP contribution in [0.2, 0.25) is 10.0 Å². The topological polar surface area (TPSA) is 46.6 Å². The van der Waals surface area contributed by atoms with Crippen molar-refractivity contribution in [2.75, 3.05) is 4.90 Å². The molecule has 0 fully saturated rings. The number of carbonyl (C=O) groups excluding carboxylic acids is 2. The van der Waals surface area contributed by atoms with Crippen LogP contribution in [0, 0.1) is 5.92 Å². The number of rotatable bonds is 4. The van der Waals surface area contributed by atoms with Crippen molar-refractivity contribution in [1.29, 1.82) is 0 Å². The largest absolute Gasteiger partial charge is 0.489 e. The molecule has 0 aromatic heterocycles. The lowest BCUT2D eigenvalue weighted by atomic mass is 9.85. The van der Waals surface area contributed by atoms with Gasteiger partial charge in [0.1, 0.15) is 12.4 Å². The fourth-order valence-electron chi connectivity index (χ4n) is 3.44. The standard InChI is InChI=1S/C21H17Cl2NO3/c22-16-5-4-15(19(23)11-16)12-27-18-8-6-17(7-9-18)24-20(25)13-2-1-3-14(10-13)21(24)26/h4-11,13H,1-3,12H2. The van der Waals surface area contributed by atoms with Crippen molar-refractivity contribution in [3.8, 4) is 5.75 Å². The number of hydrogen-bond acceptors (Lipinski definition) is 3. The minimum Gasteiger partial charge on any atom is -0.489 e. The summed E-state index contributed by atoms with van der Waals surface area (Å²) in [5.74, 6) is 0.0816. The number of fused-ring (bicyclic) bond motifs is 1. The molecular formula is C21H17Cl2NO3. The van der Waals surface area contributed by atoms with Gasteiger partial charge in [0.15, 0.2) is 0 Å². The van der Waals surface area contributed by atoms with E-state index >= 15 is 0 Å². The molecule has 2 aromatic rings. The molecule has 138 valence electrons. The van der Waals surface area contributed by atoms with Crippen molar-refractivity contribution in [3.05, 3.63) is 69.7 Å². The van der Waals surface area contributed by atoms with Crippen molar-refractivity contribution >= 4 is 40.7 Å². The van der Waals surface area contributed by atoms with Gasteiger partial charge in [0.05, 0.1) is 11.6 Å². The van der Waals surface area contributed by atoms with E-state index in [0.717, 1.165) is 30.4 Å². The Morgan fingerprint density at radius 1 is 1.07 bits per heavy atom. The van der Waals surface area contributed by atoms with Gasteiger partial charge in [-0.15, -0.1) is 0 Å². The van der Waals surface area contributed by atoms with E-state index in [-0.39, 0.29) is 17.7 Å². The SMILES string of the molecule is O=C1C2=CC(CCC2)C(=O)N1c1ccc(OCc2ccc(Cl)cc2Cl)cc1. The molecule has 2 aromatic carbocycles. The zero-order valence-electron chi connectivity index (χ0n) is 14.5. The maximum absolute atomic E-state index is 12.6. The molecule has 1 atom stereocenters. The van der Waals surface area contributed by atoms with Crippen molar-refractivity contribution in [3.63, 3.8) is 0 Å². The average molecular weight is 402 g/mol. The molecule has 4 rings (SSSR count). The molecule has 2 aliphatic rings. The van der Waals surface area contributed by atoms with Crippen LogP contribution in [0.4, 0.5) is 5.69 Å². The van der Waals surface area contributed by atoms with Gasteiger partial charge in [-0.3, -0.25) is 9.59 Å². The van der Waals surface area contributed by atoms with Crippen molar-refractivity contribution < 1.29 is 14.3 Å². The third-order valence-corrected chi connectivity index (χ3v) is 5.47. The van der Waals surface area contributed by atoms with Crippen LogP contribution in [-0.4, -0.2) is 11.8 Å². The summed E-state index contributed by atoms with van der Waals surface area (Å²) in [6.45, 7) is 0.298. The number of hydrogen-bond donors (Lipinski definition) is 0. The van der Waals surface area contributed by atoms with Crippen LogP contribution < -0.4 is 9.64 Å². The summed E-state index contributed by atoms with van der Waals surface area (Å²) in [5.41, 5.74) is 2.13. The zero-order valence-corrected chi connectivity index (χ0v) is 16.0. The molecule has 1 aliphatic carbocycles. The maximum Gasteiger partial charge on any atom is 0.260 e. The summed E-state index contributed by atoms with van der Waals surface area (Å²) in [7, 11) is 0. The van der Waals surface area contributed by atoms with Gasteiger partial charge in [0.25, 0.3) is 5.91 Å². The molecule has 0 saturated carbocycles. The Bertz CT molecular complexity index is 937. The van der Waals surface area contributed by atoms with Crippen molar-refractivity contribution in [1.82, 2.24) is 0 Å². The lowest BCUT2D eigenvalue weighted by molar-refractivity contribution is -0.128. The van der Waals surface area contributed by atoms with Crippen LogP contribution in [0.3, 0.4) is 0 Å². The van der Waals surface area contributed by atoms with E-state index in [1.807, 2.05) is 12.1 Å². The fraction of sp³-hybridized carbons (Fsp3) is 0.238. The van der Waals surface area contributed by atoms with E-state index in [1.54, 1.807) is 36.4 Å². The number of carbonyl (C=O) groups is 2. The highest BCUT2D eigenvalue weighted by molar-refractivity contribution is 6.35. The first-order chi connectivity index (χ1) is 13.0. The Hall–Kier alpha value is -2.30. The summed E-state index contributed by atoms with van der Waals surface area (Å²) in [4.78, 5) is 26.5. The number of benzene rings is 2. The molecular weight excluding hydrogens is 385 g/mol. The molecule has 2 amide bonds. The molecule has 6 heteroatoms. The first-order valence-electron chi connectivity index (χ1n) is 8.79. The van der Waals surface area contributed by atoms with Crippen LogP contribution in [0.15, 0.2) is 54.1 Å². The summed E-state index contributed by atoms with van der Waals surface area (Å²) < 4.78 is 5.76. The van der Waals surface area contributed by atoms with Crippen LogP contribution in [0.5, 0.6) is 5.75 Å². The lowest BCUT2D eigenvalue weighted by Crippen LogP contribution is -2.46. The second-order valence-corrected chi connectivity index (χ2v) is 7.53. The second kappa shape index (κ2) is 7.37. The third-order valence-electron chi connectivity index (χ3n) is 4.88. The Kier molecular flexibility index (Phi) is 4.94. The minimum absolute atomic E-state index is 0.148. The predicted molar refractivity (Wildman–Crippen MR) is 105 cm³/mol. The van der Waals surface area contributed by atoms with E-state index in [4.69, 9.17) is 27.9 Å². The Balaban J connectivity index is 1.48.